The number of benzene rings is 3. The molecule has 3 aromatic carbocycles. The highest BCUT2D eigenvalue weighted by Crippen LogP contribution is 2.31. The molecule has 0 aliphatic heterocycles. The normalized spacial score (nSPS) is 11.5. The number of hydrazine groups is 1. The quantitative estimate of drug-likeness (QED) is 0.251. The lowest BCUT2D eigenvalue weighted by Crippen LogP contribution is -2.39. The number of hydrogen-bond acceptors (Lipinski definition) is 4. The molecule has 0 bridgehead atoms. The summed E-state index contributed by atoms with van der Waals surface area (Å²) >= 11 is 3.50. The van der Waals surface area contributed by atoms with Crippen LogP contribution in [-0.2, 0) is 4.79 Å². The van der Waals surface area contributed by atoms with Crippen molar-refractivity contribution in [2.75, 3.05) is 11.9 Å². The summed E-state index contributed by atoms with van der Waals surface area (Å²) in [4.78, 5) is 24.4. The molecule has 0 saturated carbocycles. The van der Waals surface area contributed by atoms with Crippen LogP contribution in [0.1, 0.15) is 27.5 Å². The van der Waals surface area contributed by atoms with E-state index >= 15 is 0 Å². The number of carbonyl (C=O) groups is 2. The minimum absolute atomic E-state index is 0.0225. The average molecular weight is 453 g/mol. The number of halogens is 1. The maximum Gasteiger partial charge on any atom is 0.255 e. The summed E-state index contributed by atoms with van der Waals surface area (Å²) in [5.74, 6) is 4.67. The summed E-state index contributed by atoms with van der Waals surface area (Å²) in [7, 11) is 0. The van der Waals surface area contributed by atoms with Gasteiger partial charge in [0.05, 0.1) is 12.6 Å². The topological polar surface area (TPSA) is 96.2 Å². The van der Waals surface area contributed by atoms with Crippen molar-refractivity contribution in [2.45, 2.75) is 6.04 Å². The lowest BCUT2D eigenvalue weighted by Gasteiger charge is -2.23. The van der Waals surface area contributed by atoms with Gasteiger partial charge in [-0.1, -0.05) is 64.5 Å². The highest BCUT2D eigenvalue weighted by molar-refractivity contribution is 9.10. The Hall–Kier alpha value is -3.00. The van der Waals surface area contributed by atoms with Gasteiger partial charge < -0.3 is 5.32 Å². The third kappa shape index (κ3) is 5.51. The van der Waals surface area contributed by atoms with E-state index < -0.39 is 0 Å². The minimum atomic E-state index is -0.337. The second kappa shape index (κ2) is 9.97. The van der Waals surface area contributed by atoms with Crippen LogP contribution in [0.2, 0.25) is 0 Å². The van der Waals surface area contributed by atoms with Gasteiger partial charge in [-0.15, -0.1) is 0 Å². The Labute approximate surface area is 177 Å². The molecule has 148 valence electrons. The number of nitrogens with one attached hydrogen (secondary N) is 3. The van der Waals surface area contributed by atoms with Crippen molar-refractivity contribution in [1.82, 2.24) is 10.7 Å². The predicted octanol–water partition coefficient (Wildman–Crippen LogP) is 3.37. The second-order valence-corrected chi connectivity index (χ2v) is 7.26. The Morgan fingerprint density at radius 2 is 1.59 bits per heavy atom. The highest BCUT2D eigenvalue weighted by Gasteiger charge is 2.20. The molecule has 5 N–H and O–H groups in total. The zero-order valence-corrected chi connectivity index (χ0v) is 17.1. The van der Waals surface area contributed by atoms with E-state index in [-0.39, 0.29) is 24.4 Å². The number of anilines is 1. The molecule has 0 aliphatic carbocycles. The van der Waals surface area contributed by atoms with Crippen LogP contribution in [0.25, 0.3) is 0 Å². The fourth-order valence-corrected chi connectivity index (χ4v) is 3.35. The zero-order valence-electron chi connectivity index (χ0n) is 15.6. The largest absolute Gasteiger partial charge is 0.322 e. The molecular weight excluding hydrogens is 432 g/mol. The van der Waals surface area contributed by atoms with Crippen LogP contribution in [-0.4, -0.2) is 18.4 Å². The predicted molar refractivity (Wildman–Crippen MR) is 117 cm³/mol. The maximum atomic E-state index is 12.7. The Balaban J connectivity index is 1.97. The SMILES string of the molecule is NNC(=O)CN[C@H](c1ccccc1)c1cc(Br)ccc1NC(=O)c1ccccc1. The lowest BCUT2D eigenvalue weighted by molar-refractivity contribution is -0.120. The molecule has 0 fully saturated rings. The molecule has 7 heteroatoms. The maximum absolute atomic E-state index is 12.7. The molecule has 1 atom stereocenters. The van der Waals surface area contributed by atoms with E-state index in [1.54, 1.807) is 12.1 Å². The van der Waals surface area contributed by atoms with Crippen molar-refractivity contribution in [3.63, 3.8) is 0 Å². The molecule has 0 saturated heterocycles. The van der Waals surface area contributed by atoms with Crippen molar-refractivity contribution in [2.24, 2.45) is 5.84 Å². The minimum Gasteiger partial charge on any atom is -0.322 e. The first kappa shape index (κ1) is 20.7. The molecule has 2 amide bonds. The van der Waals surface area contributed by atoms with Gasteiger partial charge in [0.25, 0.3) is 5.91 Å². The van der Waals surface area contributed by atoms with Crippen molar-refractivity contribution in [1.29, 1.82) is 0 Å². The molecule has 6 nitrogen and oxygen atoms in total. The number of amides is 2. The van der Waals surface area contributed by atoms with Gasteiger partial charge >= 0.3 is 0 Å². The number of hydrogen-bond donors (Lipinski definition) is 4. The summed E-state index contributed by atoms with van der Waals surface area (Å²) in [6, 6.07) is 24.0. The van der Waals surface area contributed by atoms with Crippen LogP contribution in [0.5, 0.6) is 0 Å². The van der Waals surface area contributed by atoms with Gasteiger partial charge in [-0.2, -0.15) is 0 Å². The van der Waals surface area contributed by atoms with Crippen LogP contribution in [0.15, 0.2) is 83.3 Å². The van der Waals surface area contributed by atoms with E-state index in [1.165, 1.54) is 0 Å². The van der Waals surface area contributed by atoms with Crippen molar-refractivity contribution in [3.05, 3.63) is 100 Å². The summed E-state index contributed by atoms with van der Waals surface area (Å²) in [6.07, 6.45) is 0. The van der Waals surface area contributed by atoms with Gasteiger partial charge in [-0.25, -0.2) is 5.84 Å². The Morgan fingerprint density at radius 3 is 2.24 bits per heavy atom. The van der Waals surface area contributed by atoms with Crippen LogP contribution in [0.4, 0.5) is 5.69 Å². The lowest BCUT2D eigenvalue weighted by atomic mass is 9.96. The van der Waals surface area contributed by atoms with Gasteiger partial charge in [0.15, 0.2) is 0 Å². The first-order valence-corrected chi connectivity index (χ1v) is 9.81. The molecule has 0 radical (unpaired) electrons. The average Bonchev–Trinajstić information content (AvgIpc) is 2.76. The van der Waals surface area contributed by atoms with E-state index in [9.17, 15) is 9.59 Å². The summed E-state index contributed by atoms with van der Waals surface area (Å²) in [5.41, 5.74) is 5.10. The fraction of sp³-hybridized carbons (Fsp3) is 0.0909. The number of carbonyl (C=O) groups excluding carboxylic acids is 2. The van der Waals surface area contributed by atoms with E-state index in [0.717, 1.165) is 15.6 Å². The Morgan fingerprint density at radius 1 is 0.931 bits per heavy atom. The molecule has 0 spiro atoms. The van der Waals surface area contributed by atoms with Gasteiger partial charge in [-0.3, -0.25) is 20.3 Å². The van der Waals surface area contributed by atoms with Crippen LogP contribution in [0.3, 0.4) is 0 Å². The first-order chi connectivity index (χ1) is 14.1. The van der Waals surface area contributed by atoms with Crippen LogP contribution < -0.4 is 21.9 Å². The van der Waals surface area contributed by atoms with Gasteiger partial charge in [0.1, 0.15) is 0 Å². The standard InChI is InChI=1S/C22H21BrN4O2/c23-17-11-12-19(26-22(29)16-9-5-2-6-10-16)18(13-17)21(25-14-20(28)27-24)15-7-3-1-4-8-15/h1-13,21,25H,14,24H2,(H,26,29)(H,27,28)/t21-/m1/s1. The monoisotopic (exact) mass is 452 g/mol. The number of nitrogens with two attached hydrogens (primary N) is 1. The fourth-order valence-electron chi connectivity index (χ4n) is 2.97. The third-order valence-corrected chi connectivity index (χ3v) is 4.86. The molecule has 3 aromatic rings. The van der Waals surface area contributed by atoms with Gasteiger partial charge in [0, 0.05) is 15.7 Å². The Bertz CT molecular complexity index is 981. The molecular formula is C22H21BrN4O2. The molecule has 3 rings (SSSR count). The van der Waals surface area contributed by atoms with Gasteiger partial charge in [0.2, 0.25) is 5.91 Å². The molecule has 29 heavy (non-hydrogen) atoms. The molecule has 0 heterocycles. The first-order valence-electron chi connectivity index (χ1n) is 9.02. The van der Waals surface area contributed by atoms with Crippen molar-refractivity contribution < 1.29 is 9.59 Å². The van der Waals surface area contributed by atoms with E-state index in [0.29, 0.717) is 11.3 Å². The molecule has 0 unspecified atom stereocenters. The number of rotatable bonds is 7. The molecule has 0 aromatic heterocycles. The van der Waals surface area contributed by atoms with Crippen molar-refractivity contribution in [3.8, 4) is 0 Å². The van der Waals surface area contributed by atoms with Gasteiger partial charge in [-0.05, 0) is 41.5 Å². The summed E-state index contributed by atoms with van der Waals surface area (Å²) in [6.45, 7) is 0.0225. The van der Waals surface area contributed by atoms with E-state index in [4.69, 9.17) is 5.84 Å². The van der Waals surface area contributed by atoms with E-state index in [1.807, 2.05) is 66.7 Å². The second-order valence-electron chi connectivity index (χ2n) is 6.34. The zero-order chi connectivity index (χ0) is 20.6. The highest BCUT2D eigenvalue weighted by atomic mass is 79.9. The smallest absolute Gasteiger partial charge is 0.255 e. The Kier molecular flexibility index (Phi) is 7.13. The summed E-state index contributed by atoms with van der Waals surface area (Å²) in [5, 5.41) is 6.20. The summed E-state index contributed by atoms with van der Waals surface area (Å²) < 4.78 is 0.858. The molecule has 0 aliphatic rings. The van der Waals surface area contributed by atoms with Crippen molar-refractivity contribution >= 4 is 33.4 Å². The van der Waals surface area contributed by atoms with Crippen LogP contribution in [0, 0.1) is 0 Å². The third-order valence-electron chi connectivity index (χ3n) is 4.37. The van der Waals surface area contributed by atoms with E-state index in [2.05, 4.69) is 32.0 Å². The van der Waals surface area contributed by atoms with Crippen LogP contribution >= 0.6 is 15.9 Å².